The van der Waals surface area contributed by atoms with Crippen LogP contribution in [0.3, 0.4) is 0 Å². The van der Waals surface area contributed by atoms with Gasteiger partial charge in [0, 0.05) is 25.9 Å². The molecule has 1 saturated heterocycles. The fourth-order valence-corrected chi connectivity index (χ4v) is 3.35. The Morgan fingerprint density at radius 2 is 1.62 bits per heavy atom. The lowest BCUT2D eigenvalue weighted by Gasteiger charge is -2.32. The van der Waals surface area contributed by atoms with E-state index < -0.39 is 5.97 Å². The molecule has 1 amide bonds. The molecule has 0 radical (unpaired) electrons. The van der Waals surface area contributed by atoms with Gasteiger partial charge in [0.05, 0.1) is 0 Å². The number of carboxylic acids is 1. The number of aliphatic carboxylic acids is 1. The number of hydrogen-bond donors (Lipinski definition) is 1. The van der Waals surface area contributed by atoms with Crippen molar-refractivity contribution in [2.24, 2.45) is 5.92 Å². The van der Waals surface area contributed by atoms with Crippen LogP contribution in [0.5, 0.6) is 0 Å². The Labute approximate surface area is 144 Å². The molecular weight excluding hydrogens is 302 g/mol. The number of piperidine rings is 1. The number of likely N-dealkylation sites (tertiary alicyclic amines) is 1. The number of rotatable bonds is 6. The standard InChI is InChI=1S/C20H29NO3/c1-14(2)17-4-6-18(7-5-17)15(3)12-19(22)21-10-8-16(9-11-21)13-20(23)24/h4-7,14-16H,8-13H2,1-3H3,(H,23,24). The van der Waals surface area contributed by atoms with Crippen molar-refractivity contribution in [3.63, 3.8) is 0 Å². The van der Waals surface area contributed by atoms with E-state index in [9.17, 15) is 9.59 Å². The van der Waals surface area contributed by atoms with Gasteiger partial charge in [0.1, 0.15) is 0 Å². The second kappa shape index (κ2) is 8.32. The van der Waals surface area contributed by atoms with Gasteiger partial charge in [-0.2, -0.15) is 0 Å². The summed E-state index contributed by atoms with van der Waals surface area (Å²) in [6.07, 6.45) is 2.34. The van der Waals surface area contributed by atoms with Crippen molar-refractivity contribution in [1.29, 1.82) is 0 Å². The van der Waals surface area contributed by atoms with E-state index in [0.29, 0.717) is 25.4 Å². The largest absolute Gasteiger partial charge is 0.481 e. The Kier molecular flexibility index (Phi) is 6.41. The first-order valence-corrected chi connectivity index (χ1v) is 8.96. The molecule has 1 fully saturated rings. The van der Waals surface area contributed by atoms with E-state index in [1.807, 2.05) is 4.90 Å². The molecule has 1 aliphatic heterocycles. The van der Waals surface area contributed by atoms with Crippen LogP contribution in [-0.4, -0.2) is 35.0 Å². The van der Waals surface area contributed by atoms with Crippen molar-refractivity contribution < 1.29 is 14.7 Å². The number of carbonyl (C=O) groups is 2. The number of carbonyl (C=O) groups excluding carboxylic acids is 1. The molecule has 1 unspecified atom stereocenters. The predicted molar refractivity (Wildman–Crippen MR) is 95.1 cm³/mol. The molecule has 1 heterocycles. The van der Waals surface area contributed by atoms with Crippen molar-refractivity contribution in [3.05, 3.63) is 35.4 Å². The van der Waals surface area contributed by atoms with Crippen LogP contribution in [-0.2, 0) is 9.59 Å². The molecule has 1 aromatic rings. The van der Waals surface area contributed by atoms with E-state index in [2.05, 4.69) is 45.0 Å². The Morgan fingerprint density at radius 1 is 1.08 bits per heavy atom. The predicted octanol–water partition coefficient (Wildman–Crippen LogP) is 4.02. The third-order valence-electron chi connectivity index (χ3n) is 5.08. The summed E-state index contributed by atoms with van der Waals surface area (Å²) in [5, 5.41) is 8.86. The average Bonchev–Trinajstić information content (AvgIpc) is 2.55. The summed E-state index contributed by atoms with van der Waals surface area (Å²) in [6.45, 7) is 7.83. The zero-order valence-electron chi connectivity index (χ0n) is 15.0. The Bertz CT molecular complexity index is 557. The fraction of sp³-hybridized carbons (Fsp3) is 0.600. The number of hydrogen-bond acceptors (Lipinski definition) is 2. The Hall–Kier alpha value is -1.84. The van der Waals surface area contributed by atoms with Gasteiger partial charge in [-0.05, 0) is 41.7 Å². The van der Waals surface area contributed by atoms with Gasteiger partial charge in [0.2, 0.25) is 5.91 Å². The molecule has 0 aliphatic carbocycles. The molecule has 0 saturated carbocycles. The SMILES string of the molecule is CC(C)c1ccc(C(C)CC(=O)N2CCC(CC(=O)O)CC2)cc1. The van der Waals surface area contributed by atoms with E-state index in [1.54, 1.807) is 0 Å². The lowest BCUT2D eigenvalue weighted by atomic mass is 9.91. The van der Waals surface area contributed by atoms with Gasteiger partial charge in [-0.15, -0.1) is 0 Å². The van der Waals surface area contributed by atoms with Gasteiger partial charge < -0.3 is 10.0 Å². The van der Waals surface area contributed by atoms with Crippen LogP contribution in [0.4, 0.5) is 0 Å². The molecule has 4 heteroatoms. The molecule has 2 rings (SSSR count). The summed E-state index contributed by atoms with van der Waals surface area (Å²) in [4.78, 5) is 25.2. The lowest BCUT2D eigenvalue weighted by Crippen LogP contribution is -2.39. The zero-order chi connectivity index (χ0) is 17.7. The number of nitrogens with zero attached hydrogens (tertiary/aromatic N) is 1. The summed E-state index contributed by atoms with van der Waals surface area (Å²) in [5.41, 5.74) is 2.52. The van der Waals surface area contributed by atoms with Gasteiger partial charge in [-0.3, -0.25) is 9.59 Å². The molecule has 1 aromatic carbocycles. The van der Waals surface area contributed by atoms with E-state index in [4.69, 9.17) is 5.11 Å². The Morgan fingerprint density at radius 3 is 2.12 bits per heavy atom. The summed E-state index contributed by atoms with van der Waals surface area (Å²) in [5.74, 6) is 0.383. The second-order valence-electron chi connectivity index (χ2n) is 7.35. The van der Waals surface area contributed by atoms with E-state index in [0.717, 1.165) is 12.8 Å². The number of amides is 1. The summed E-state index contributed by atoms with van der Waals surface area (Å²) >= 11 is 0. The topological polar surface area (TPSA) is 57.6 Å². The van der Waals surface area contributed by atoms with Gasteiger partial charge in [-0.1, -0.05) is 45.0 Å². The maximum absolute atomic E-state index is 12.5. The maximum Gasteiger partial charge on any atom is 0.303 e. The van der Waals surface area contributed by atoms with Crippen LogP contribution in [0, 0.1) is 5.92 Å². The molecule has 0 bridgehead atoms. The third kappa shape index (κ3) is 5.08. The number of benzene rings is 1. The van der Waals surface area contributed by atoms with Crippen molar-refractivity contribution in [2.45, 2.75) is 58.3 Å². The Balaban J connectivity index is 1.84. The van der Waals surface area contributed by atoms with Crippen LogP contribution in [0.25, 0.3) is 0 Å². The summed E-state index contributed by atoms with van der Waals surface area (Å²) < 4.78 is 0. The van der Waals surface area contributed by atoms with E-state index in [-0.39, 0.29) is 24.2 Å². The van der Waals surface area contributed by atoms with Crippen molar-refractivity contribution in [3.8, 4) is 0 Å². The highest BCUT2D eigenvalue weighted by molar-refractivity contribution is 5.77. The molecule has 1 atom stereocenters. The van der Waals surface area contributed by atoms with Crippen LogP contribution in [0.15, 0.2) is 24.3 Å². The molecule has 1 N–H and O–H groups in total. The molecule has 0 aromatic heterocycles. The highest BCUT2D eigenvalue weighted by Crippen LogP contribution is 2.25. The van der Waals surface area contributed by atoms with Crippen LogP contribution in [0.2, 0.25) is 0 Å². The average molecular weight is 331 g/mol. The highest BCUT2D eigenvalue weighted by atomic mass is 16.4. The minimum absolute atomic E-state index is 0.184. The van der Waals surface area contributed by atoms with E-state index >= 15 is 0 Å². The van der Waals surface area contributed by atoms with Gasteiger partial charge in [0.15, 0.2) is 0 Å². The van der Waals surface area contributed by atoms with Crippen molar-refractivity contribution >= 4 is 11.9 Å². The zero-order valence-corrected chi connectivity index (χ0v) is 15.0. The van der Waals surface area contributed by atoms with Crippen LogP contribution in [0.1, 0.15) is 69.4 Å². The monoisotopic (exact) mass is 331 g/mol. The second-order valence-corrected chi connectivity index (χ2v) is 7.35. The van der Waals surface area contributed by atoms with Gasteiger partial charge in [-0.25, -0.2) is 0 Å². The lowest BCUT2D eigenvalue weighted by molar-refractivity contribution is -0.138. The fourth-order valence-electron chi connectivity index (χ4n) is 3.35. The minimum Gasteiger partial charge on any atom is -0.481 e. The first-order valence-electron chi connectivity index (χ1n) is 8.96. The molecule has 132 valence electrons. The molecule has 24 heavy (non-hydrogen) atoms. The van der Waals surface area contributed by atoms with Crippen molar-refractivity contribution in [1.82, 2.24) is 4.90 Å². The molecule has 1 aliphatic rings. The molecular formula is C20H29NO3. The number of carboxylic acid groups (broad SMARTS) is 1. The maximum atomic E-state index is 12.5. The van der Waals surface area contributed by atoms with Crippen molar-refractivity contribution in [2.75, 3.05) is 13.1 Å². The van der Waals surface area contributed by atoms with Gasteiger partial charge in [0.25, 0.3) is 0 Å². The first-order chi connectivity index (χ1) is 11.4. The smallest absolute Gasteiger partial charge is 0.303 e. The quantitative estimate of drug-likeness (QED) is 0.856. The summed E-state index contributed by atoms with van der Waals surface area (Å²) in [6, 6.07) is 8.56. The molecule has 0 spiro atoms. The van der Waals surface area contributed by atoms with Crippen LogP contribution >= 0.6 is 0 Å². The molecule has 4 nitrogen and oxygen atoms in total. The van der Waals surface area contributed by atoms with E-state index in [1.165, 1.54) is 11.1 Å². The third-order valence-corrected chi connectivity index (χ3v) is 5.08. The normalized spacial score (nSPS) is 17.1. The minimum atomic E-state index is -0.738. The first kappa shape index (κ1) is 18.5. The van der Waals surface area contributed by atoms with Crippen LogP contribution < -0.4 is 0 Å². The highest BCUT2D eigenvalue weighted by Gasteiger charge is 2.25. The van der Waals surface area contributed by atoms with Gasteiger partial charge >= 0.3 is 5.97 Å². The summed E-state index contributed by atoms with van der Waals surface area (Å²) in [7, 11) is 0.